The Morgan fingerprint density at radius 2 is 0.692 bits per heavy atom. The van der Waals surface area contributed by atoms with E-state index < -0.39 is 81.3 Å². The van der Waals surface area contributed by atoms with Crippen LogP contribution in [0.1, 0.15) is 22.3 Å². The van der Waals surface area contributed by atoms with Crippen molar-refractivity contribution in [2.24, 2.45) is 10.2 Å². The SMILES string of the molecule is O=[N+]([O-])c1ccc(C=Cc2ccc(N=Nc3ccc(C=Cc4ccc([N+](=O)[O-])cc4S(=O)(=O)O)c(S(=O)(=O)O)c3)cc2S(=O)(=O)O)c(S(=O)(=O)O)c1. The Labute approximate surface area is 293 Å². The fourth-order valence-corrected chi connectivity index (χ4v) is 7.18. The van der Waals surface area contributed by atoms with E-state index in [1.54, 1.807) is 0 Å². The highest BCUT2D eigenvalue weighted by molar-refractivity contribution is 7.86. The van der Waals surface area contributed by atoms with Crippen molar-refractivity contribution in [3.05, 3.63) is 115 Å². The quantitative estimate of drug-likeness (QED) is 0.0468. The highest BCUT2D eigenvalue weighted by Gasteiger charge is 2.22. The molecule has 24 heteroatoms. The van der Waals surface area contributed by atoms with E-state index in [1.807, 2.05) is 0 Å². The van der Waals surface area contributed by atoms with Crippen molar-refractivity contribution in [1.82, 2.24) is 0 Å². The number of nitro benzene ring substituents is 2. The minimum Gasteiger partial charge on any atom is -0.282 e. The first kappa shape index (κ1) is 39.2. The van der Waals surface area contributed by atoms with Gasteiger partial charge in [0, 0.05) is 24.3 Å². The van der Waals surface area contributed by atoms with E-state index in [0.29, 0.717) is 12.1 Å². The van der Waals surface area contributed by atoms with Gasteiger partial charge in [-0.2, -0.15) is 43.9 Å². The van der Waals surface area contributed by atoms with Gasteiger partial charge in [0.2, 0.25) is 0 Å². The summed E-state index contributed by atoms with van der Waals surface area (Å²) in [5, 5.41) is 29.7. The summed E-state index contributed by atoms with van der Waals surface area (Å²) in [6.07, 6.45) is 4.02. The average molecular weight is 797 g/mol. The van der Waals surface area contributed by atoms with Crippen LogP contribution in [0.2, 0.25) is 0 Å². The summed E-state index contributed by atoms with van der Waals surface area (Å²) in [5.41, 5.74) is -2.82. The van der Waals surface area contributed by atoms with Gasteiger partial charge in [-0.05, 0) is 58.7 Å². The largest absolute Gasteiger partial charge is 0.295 e. The van der Waals surface area contributed by atoms with Gasteiger partial charge in [0.25, 0.3) is 51.8 Å². The third kappa shape index (κ3) is 9.59. The van der Waals surface area contributed by atoms with Crippen LogP contribution < -0.4 is 0 Å². The third-order valence-corrected chi connectivity index (χ3v) is 10.3. The van der Waals surface area contributed by atoms with Crippen LogP contribution in [0.25, 0.3) is 24.3 Å². The monoisotopic (exact) mass is 796 g/mol. The molecule has 0 atom stereocenters. The van der Waals surface area contributed by atoms with Crippen LogP contribution in [0.5, 0.6) is 0 Å². The molecule has 0 saturated heterocycles. The van der Waals surface area contributed by atoms with Gasteiger partial charge in [-0.3, -0.25) is 38.4 Å². The second kappa shape index (κ2) is 14.6. The molecule has 0 aliphatic heterocycles. The fraction of sp³-hybridized carbons (Fsp3) is 0. The average Bonchev–Trinajstić information content (AvgIpc) is 3.03. The van der Waals surface area contributed by atoms with Crippen molar-refractivity contribution >= 4 is 87.5 Å². The van der Waals surface area contributed by atoms with Crippen molar-refractivity contribution in [1.29, 1.82) is 0 Å². The summed E-state index contributed by atoms with van der Waals surface area (Å²) in [7, 11) is -19.9. The molecule has 4 aromatic rings. The molecule has 0 aromatic heterocycles. The van der Waals surface area contributed by atoms with E-state index in [1.165, 1.54) is 12.1 Å². The van der Waals surface area contributed by atoms with Gasteiger partial charge < -0.3 is 0 Å². The van der Waals surface area contributed by atoms with Crippen LogP contribution in [0.15, 0.2) is 103 Å². The van der Waals surface area contributed by atoms with E-state index in [0.717, 1.165) is 72.8 Å². The lowest BCUT2D eigenvalue weighted by Crippen LogP contribution is -2.03. The van der Waals surface area contributed by atoms with Gasteiger partial charge in [-0.25, -0.2) is 0 Å². The van der Waals surface area contributed by atoms with E-state index in [2.05, 4.69) is 10.2 Å². The number of rotatable bonds is 12. The molecule has 272 valence electrons. The van der Waals surface area contributed by atoms with Gasteiger partial charge in [-0.1, -0.05) is 36.4 Å². The summed E-state index contributed by atoms with van der Waals surface area (Å²) < 4.78 is 135. The van der Waals surface area contributed by atoms with Crippen LogP contribution in [0.4, 0.5) is 22.7 Å². The van der Waals surface area contributed by atoms with Gasteiger partial charge >= 0.3 is 0 Å². The smallest absolute Gasteiger partial charge is 0.282 e. The Kier molecular flexibility index (Phi) is 11.0. The van der Waals surface area contributed by atoms with Crippen molar-refractivity contribution in [2.75, 3.05) is 0 Å². The van der Waals surface area contributed by atoms with Crippen LogP contribution >= 0.6 is 0 Å². The first-order chi connectivity index (χ1) is 23.9. The highest BCUT2D eigenvalue weighted by atomic mass is 32.2. The second-order valence-electron chi connectivity index (χ2n) is 10.2. The highest BCUT2D eigenvalue weighted by Crippen LogP contribution is 2.31. The molecule has 0 radical (unpaired) electrons. The maximum Gasteiger partial charge on any atom is 0.295 e. The predicted octanol–water partition coefficient (Wildman–Crippen LogP) is 5.25. The number of hydrogen-bond acceptors (Lipinski definition) is 14. The minimum absolute atomic E-state index is 0.230. The molecule has 0 aliphatic rings. The van der Waals surface area contributed by atoms with Crippen molar-refractivity contribution in [2.45, 2.75) is 19.6 Å². The summed E-state index contributed by atoms with van der Waals surface area (Å²) in [4.78, 5) is 17.0. The molecule has 0 saturated carbocycles. The Morgan fingerprint density at radius 1 is 0.442 bits per heavy atom. The Morgan fingerprint density at radius 3 is 0.942 bits per heavy atom. The number of nitro groups is 2. The minimum atomic E-state index is -5.00. The molecule has 0 amide bonds. The zero-order chi connectivity index (χ0) is 38.8. The topological polar surface area (TPSA) is 328 Å². The maximum atomic E-state index is 12.2. The van der Waals surface area contributed by atoms with Crippen molar-refractivity contribution in [3.8, 4) is 0 Å². The summed E-state index contributed by atoms with van der Waals surface area (Å²) >= 11 is 0. The number of benzene rings is 4. The molecule has 0 fully saturated rings. The summed E-state index contributed by atoms with van der Waals surface area (Å²) in [5.74, 6) is 0. The molecular weight excluding hydrogens is 777 g/mol. The molecular formula is C28H20N4O16S4. The molecule has 0 heterocycles. The Hall–Kier alpha value is -5.60. The van der Waals surface area contributed by atoms with Gasteiger partial charge in [-0.15, -0.1) is 0 Å². The Bertz CT molecular complexity index is 2510. The van der Waals surface area contributed by atoms with Crippen LogP contribution in [0, 0.1) is 20.2 Å². The lowest BCUT2D eigenvalue weighted by Gasteiger charge is -2.07. The van der Waals surface area contributed by atoms with E-state index in [-0.39, 0.29) is 33.6 Å². The van der Waals surface area contributed by atoms with Crippen LogP contribution in [-0.2, 0) is 40.5 Å². The molecule has 52 heavy (non-hydrogen) atoms. The number of azo groups is 1. The number of non-ortho nitro benzene ring substituents is 2. The number of nitrogens with zero attached hydrogens (tertiary/aromatic N) is 4. The lowest BCUT2D eigenvalue weighted by molar-refractivity contribution is -0.385. The molecule has 4 rings (SSSR count). The van der Waals surface area contributed by atoms with E-state index >= 15 is 0 Å². The van der Waals surface area contributed by atoms with Gasteiger partial charge in [0.15, 0.2) is 0 Å². The van der Waals surface area contributed by atoms with Crippen molar-refractivity contribution < 1.29 is 61.7 Å². The normalized spacial score (nSPS) is 12.9. The first-order valence-electron chi connectivity index (χ1n) is 13.5. The molecule has 0 unspecified atom stereocenters. The Balaban J connectivity index is 1.70. The van der Waals surface area contributed by atoms with E-state index in [4.69, 9.17) is 0 Å². The standard InChI is InChI=1S/C28H20N4O16S4/c33-31(34)23-11-7-19(27(15-23)51(43,44)45)3-1-17-5-9-21(13-25(17)49(37,38)39)29-30-22-10-6-18(26(14-22)50(40,41)42)2-4-20-8-12-24(32(35)36)16-28(20)52(46,47)48/h1-16H,(H,37,38,39)(H,40,41,42)(H,43,44,45)(H,46,47,48). The summed E-state index contributed by atoms with van der Waals surface area (Å²) in [6.45, 7) is 0. The molecule has 0 spiro atoms. The van der Waals surface area contributed by atoms with Crippen molar-refractivity contribution in [3.63, 3.8) is 0 Å². The molecule has 0 aliphatic carbocycles. The molecule has 4 N–H and O–H groups in total. The van der Waals surface area contributed by atoms with Crippen LogP contribution in [0.3, 0.4) is 0 Å². The van der Waals surface area contributed by atoms with Gasteiger partial charge in [0.05, 0.1) is 21.2 Å². The van der Waals surface area contributed by atoms with Crippen LogP contribution in [-0.4, -0.2) is 61.7 Å². The number of hydrogen-bond donors (Lipinski definition) is 4. The third-order valence-electron chi connectivity index (χ3n) is 6.69. The summed E-state index contributed by atoms with van der Waals surface area (Å²) in [6, 6.07) is 11.2. The predicted molar refractivity (Wildman–Crippen MR) is 180 cm³/mol. The zero-order valence-electron chi connectivity index (χ0n) is 25.3. The fourth-order valence-electron chi connectivity index (χ4n) is 4.36. The molecule has 20 nitrogen and oxygen atoms in total. The molecule has 4 aromatic carbocycles. The second-order valence-corrected chi connectivity index (χ2v) is 15.7. The van der Waals surface area contributed by atoms with Gasteiger partial charge in [0.1, 0.15) is 19.6 Å². The molecule has 0 bridgehead atoms. The lowest BCUT2D eigenvalue weighted by atomic mass is 10.1. The van der Waals surface area contributed by atoms with E-state index in [9.17, 15) is 72.1 Å². The maximum absolute atomic E-state index is 12.2. The first-order valence-corrected chi connectivity index (χ1v) is 19.2. The zero-order valence-corrected chi connectivity index (χ0v) is 28.6.